The molecule has 0 saturated carbocycles. The molecule has 1 aliphatic rings. The minimum absolute atomic E-state index is 0.190. The molecule has 3 aromatic carbocycles. The Hall–Kier alpha value is -3.67. The van der Waals surface area contributed by atoms with Gasteiger partial charge in [0.05, 0.1) is 19.3 Å². The number of nitrogens with zero attached hydrogens (tertiary/aromatic N) is 1. The van der Waals surface area contributed by atoms with Crippen LogP contribution in [0.1, 0.15) is 0 Å². The van der Waals surface area contributed by atoms with E-state index in [0.29, 0.717) is 35.2 Å². The Morgan fingerprint density at radius 2 is 1.69 bits per heavy atom. The van der Waals surface area contributed by atoms with E-state index < -0.39 is 6.10 Å². The minimum Gasteiger partial charge on any atom is -0.493 e. The van der Waals surface area contributed by atoms with Gasteiger partial charge in [-0.2, -0.15) is 0 Å². The van der Waals surface area contributed by atoms with E-state index in [1.165, 1.54) is 0 Å². The van der Waals surface area contributed by atoms with E-state index >= 15 is 0 Å². The third-order valence-electron chi connectivity index (χ3n) is 4.70. The van der Waals surface area contributed by atoms with Crippen LogP contribution in [0.25, 0.3) is 0 Å². The molecule has 6 heteroatoms. The van der Waals surface area contributed by atoms with Gasteiger partial charge in [0.15, 0.2) is 17.6 Å². The smallest absolute Gasteiger partial charge is 0.267 e. The van der Waals surface area contributed by atoms with Gasteiger partial charge in [-0.05, 0) is 48.5 Å². The standard InChI is InChI=1S/C23H22N2O4/c1-25-15-22(29-19-8-4-3-7-18(19)25)23(26)24-16-11-13-17(14-12-16)28-21-10-6-5-9-20(21)27-2/h3-14,22H,15H2,1-2H3,(H,24,26). The molecular formula is C23H22N2O4. The van der Waals surface area contributed by atoms with E-state index in [-0.39, 0.29) is 5.91 Å². The zero-order valence-electron chi connectivity index (χ0n) is 16.3. The van der Waals surface area contributed by atoms with E-state index in [4.69, 9.17) is 14.2 Å². The van der Waals surface area contributed by atoms with E-state index in [2.05, 4.69) is 5.32 Å². The number of anilines is 2. The summed E-state index contributed by atoms with van der Waals surface area (Å²) in [5.41, 5.74) is 1.65. The molecule has 1 atom stereocenters. The van der Waals surface area contributed by atoms with Crippen molar-refractivity contribution in [3.63, 3.8) is 0 Å². The average molecular weight is 390 g/mol. The molecule has 0 fully saturated rings. The summed E-state index contributed by atoms with van der Waals surface area (Å²) in [6.07, 6.45) is -0.584. The second-order valence-electron chi connectivity index (χ2n) is 6.72. The van der Waals surface area contributed by atoms with Gasteiger partial charge in [-0.25, -0.2) is 0 Å². The maximum atomic E-state index is 12.7. The lowest BCUT2D eigenvalue weighted by Crippen LogP contribution is -2.45. The number of rotatable bonds is 5. The van der Waals surface area contributed by atoms with Crippen LogP contribution in [0.3, 0.4) is 0 Å². The first-order chi connectivity index (χ1) is 14.1. The predicted molar refractivity (Wildman–Crippen MR) is 112 cm³/mol. The van der Waals surface area contributed by atoms with Crippen LogP contribution in [-0.2, 0) is 4.79 Å². The van der Waals surface area contributed by atoms with Crippen molar-refractivity contribution in [3.8, 4) is 23.0 Å². The summed E-state index contributed by atoms with van der Waals surface area (Å²) >= 11 is 0. The topological polar surface area (TPSA) is 60.0 Å². The fraction of sp³-hybridized carbons (Fsp3) is 0.174. The van der Waals surface area contributed by atoms with Gasteiger partial charge in [0.1, 0.15) is 11.5 Å². The second-order valence-corrected chi connectivity index (χ2v) is 6.72. The van der Waals surface area contributed by atoms with Gasteiger partial charge < -0.3 is 24.4 Å². The Morgan fingerprint density at radius 1 is 1.00 bits per heavy atom. The summed E-state index contributed by atoms with van der Waals surface area (Å²) in [5, 5.41) is 2.91. The van der Waals surface area contributed by atoms with Gasteiger partial charge in [0, 0.05) is 12.7 Å². The lowest BCUT2D eigenvalue weighted by atomic mass is 10.2. The molecule has 0 spiro atoms. The molecular weight excluding hydrogens is 368 g/mol. The van der Waals surface area contributed by atoms with Gasteiger partial charge in [-0.1, -0.05) is 24.3 Å². The quantitative estimate of drug-likeness (QED) is 0.703. The molecule has 0 radical (unpaired) electrons. The molecule has 3 aromatic rings. The fourth-order valence-corrected chi connectivity index (χ4v) is 3.21. The molecule has 0 saturated heterocycles. The lowest BCUT2D eigenvalue weighted by molar-refractivity contribution is -0.122. The Kier molecular flexibility index (Phi) is 5.24. The van der Waals surface area contributed by atoms with Crippen molar-refractivity contribution in [3.05, 3.63) is 72.8 Å². The number of methoxy groups -OCH3 is 1. The zero-order chi connectivity index (χ0) is 20.2. The predicted octanol–water partition coefficient (Wildman–Crippen LogP) is 4.32. The maximum Gasteiger partial charge on any atom is 0.267 e. The highest BCUT2D eigenvalue weighted by Crippen LogP contribution is 2.33. The van der Waals surface area contributed by atoms with Crippen molar-refractivity contribution < 1.29 is 19.0 Å². The molecule has 1 unspecified atom stereocenters. The van der Waals surface area contributed by atoms with E-state index in [1.807, 2.05) is 60.5 Å². The molecule has 4 rings (SSSR count). The van der Waals surface area contributed by atoms with Crippen LogP contribution in [-0.4, -0.2) is 32.7 Å². The van der Waals surface area contributed by atoms with Crippen molar-refractivity contribution in [2.24, 2.45) is 0 Å². The number of nitrogens with one attached hydrogen (secondary N) is 1. The third kappa shape index (κ3) is 4.11. The van der Waals surface area contributed by atoms with Crippen LogP contribution in [0.2, 0.25) is 0 Å². The molecule has 1 aliphatic heterocycles. The normalized spacial score (nSPS) is 15.1. The molecule has 1 heterocycles. The number of carbonyl (C=O) groups is 1. The number of benzene rings is 3. The molecule has 0 aliphatic carbocycles. The SMILES string of the molecule is COc1ccccc1Oc1ccc(NC(=O)C2CN(C)c3ccccc3O2)cc1. The Balaban J connectivity index is 1.41. The summed E-state index contributed by atoms with van der Waals surface area (Å²) < 4.78 is 17.0. The van der Waals surface area contributed by atoms with Gasteiger partial charge >= 0.3 is 0 Å². The van der Waals surface area contributed by atoms with Crippen LogP contribution >= 0.6 is 0 Å². The number of para-hydroxylation sites is 4. The Labute approximate surface area is 169 Å². The van der Waals surface area contributed by atoms with Gasteiger partial charge in [-0.3, -0.25) is 4.79 Å². The summed E-state index contributed by atoms with van der Waals surface area (Å²) in [6.45, 7) is 0.484. The molecule has 1 N–H and O–H groups in total. The first-order valence-electron chi connectivity index (χ1n) is 9.32. The largest absolute Gasteiger partial charge is 0.493 e. The monoisotopic (exact) mass is 390 g/mol. The maximum absolute atomic E-state index is 12.7. The van der Waals surface area contributed by atoms with Crippen LogP contribution < -0.4 is 24.4 Å². The van der Waals surface area contributed by atoms with Crippen molar-refractivity contribution in [2.75, 3.05) is 30.9 Å². The summed E-state index contributed by atoms with van der Waals surface area (Å²) in [5.74, 6) is 2.45. The lowest BCUT2D eigenvalue weighted by Gasteiger charge is -2.32. The van der Waals surface area contributed by atoms with Gasteiger partial charge in [0.2, 0.25) is 0 Å². The molecule has 0 aromatic heterocycles. The minimum atomic E-state index is -0.584. The summed E-state index contributed by atoms with van der Waals surface area (Å²) in [7, 11) is 3.55. The average Bonchev–Trinajstić information content (AvgIpc) is 2.75. The second kappa shape index (κ2) is 8.14. The highest BCUT2D eigenvalue weighted by atomic mass is 16.5. The van der Waals surface area contributed by atoms with Crippen molar-refractivity contribution >= 4 is 17.3 Å². The van der Waals surface area contributed by atoms with E-state index in [1.54, 1.807) is 31.4 Å². The van der Waals surface area contributed by atoms with Crippen LogP contribution in [0.4, 0.5) is 11.4 Å². The summed E-state index contributed by atoms with van der Waals surface area (Å²) in [4.78, 5) is 14.7. The van der Waals surface area contributed by atoms with Crippen molar-refractivity contribution in [1.29, 1.82) is 0 Å². The number of amides is 1. The molecule has 1 amide bonds. The number of fused-ring (bicyclic) bond motifs is 1. The first kappa shape index (κ1) is 18.7. The fourth-order valence-electron chi connectivity index (χ4n) is 3.21. The highest BCUT2D eigenvalue weighted by molar-refractivity contribution is 5.95. The molecule has 0 bridgehead atoms. The summed E-state index contributed by atoms with van der Waals surface area (Å²) in [6, 6.07) is 22.3. The van der Waals surface area contributed by atoms with Gasteiger partial charge in [0.25, 0.3) is 5.91 Å². The van der Waals surface area contributed by atoms with E-state index in [9.17, 15) is 4.79 Å². The number of hydrogen-bond donors (Lipinski definition) is 1. The molecule has 29 heavy (non-hydrogen) atoms. The highest BCUT2D eigenvalue weighted by Gasteiger charge is 2.28. The number of carbonyl (C=O) groups excluding carboxylic acids is 1. The van der Waals surface area contributed by atoms with Crippen LogP contribution in [0.5, 0.6) is 23.0 Å². The number of hydrogen-bond acceptors (Lipinski definition) is 5. The van der Waals surface area contributed by atoms with E-state index in [0.717, 1.165) is 5.69 Å². The van der Waals surface area contributed by atoms with Crippen molar-refractivity contribution in [2.45, 2.75) is 6.10 Å². The molecule has 148 valence electrons. The number of ether oxygens (including phenoxy) is 3. The molecule has 6 nitrogen and oxygen atoms in total. The van der Waals surface area contributed by atoms with Crippen molar-refractivity contribution in [1.82, 2.24) is 0 Å². The van der Waals surface area contributed by atoms with Crippen LogP contribution in [0.15, 0.2) is 72.8 Å². The van der Waals surface area contributed by atoms with Gasteiger partial charge in [-0.15, -0.1) is 0 Å². The van der Waals surface area contributed by atoms with Crippen LogP contribution in [0, 0.1) is 0 Å². The Morgan fingerprint density at radius 3 is 2.45 bits per heavy atom. The third-order valence-corrected chi connectivity index (χ3v) is 4.70. The number of likely N-dealkylation sites (N-methyl/N-ethyl adjacent to an activating group) is 1. The Bertz CT molecular complexity index is 1000. The first-order valence-corrected chi connectivity index (χ1v) is 9.32. The zero-order valence-corrected chi connectivity index (χ0v) is 16.3.